The van der Waals surface area contributed by atoms with Crippen molar-refractivity contribution < 1.29 is 4.42 Å². The lowest BCUT2D eigenvalue weighted by atomic mass is 10.1. The van der Waals surface area contributed by atoms with Crippen LogP contribution in [-0.4, -0.2) is 15.0 Å². The predicted octanol–water partition coefficient (Wildman–Crippen LogP) is 2.05. The van der Waals surface area contributed by atoms with E-state index in [1.54, 1.807) is 0 Å². The third-order valence-electron chi connectivity index (χ3n) is 2.72. The molecule has 0 atom stereocenters. The van der Waals surface area contributed by atoms with Crippen molar-refractivity contribution in [2.24, 2.45) is 5.73 Å². The van der Waals surface area contributed by atoms with E-state index in [4.69, 9.17) is 10.2 Å². The summed E-state index contributed by atoms with van der Waals surface area (Å²) in [6.07, 6.45) is 1.52. The molecule has 0 aliphatic carbocycles. The Morgan fingerprint density at radius 2 is 2.11 bits per heavy atom. The maximum Gasteiger partial charge on any atom is 0.192 e. The van der Waals surface area contributed by atoms with Gasteiger partial charge in [-0.15, -0.1) is 0 Å². The van der Waals surface area contributed by atoms with Gasteiger partial charge < -0.3 is 10.2 Å². The van der Waals surface area contributed by atoms with E-state index in [2.05, 4.69) is 15.0 Å². The SMILES string of the molecule is Cc1nc2ccc(-c3cc(CN)ncn3)cc2o1. The maximum atomic E-state index is 5.57. The van der Waals surface area contributed by atoms with Crippen molar-refractivity contribution in [3.8, 4) is 11.3 Å². The molecule has 0 amide bonds. The van der Waals surface area contributed by atoms with Gasteiger partial charge in [-0.3, -0.25) is 0 Å². The van der Waals surface area contributed by atoms with Crippen molar-refractivity contribution in [1.29, 1.82) is 0 Å². The highest BCUT2D eigenvalue weighted by molar-refractivity contribution is 5.79. The number of nitrogens with zero attached hydrogens (tertiary/aromatic N) is 3. The van der Waals surface area contributed by atoms with E-state index in [-0.39, 0.29) is 0 Å². The van der Waals surface area contributed by atoms with Crippen LogP contribution < -0.4 is 5.73 Å². The second-order valence-corrected chi connectivity index (χ2v) is 4.01. The highest BCUT2D eigenvalue weighted by atomic mass is 16.3. The zero-order valence-electron chi connectivity index (χ0n) is 9.92. The fraction of sp³-hybridized carbons (Fsp3) is 0.154. The third kappa shape index (κ3) is 1.84. The predicted molar refractivity (Wildman–Crippen MR) is 67.7 cm³/mol. The Kier molecular flexibility index (Phi) is 2.53. The molecule has 0 aliphatic heterocycles. The van der Waals surface area contributed by atoms with E-state index < -0.39 is 0 Å². The molecule has 5 nitrogen and oxygen atoms in total. The molecule has 1 aromatic carbocycles. The van der Waals surface area contributed by atoms with Crippen molar-refractivity contribution in [3.63, 3.8) is 0 Å². The first-order chi connectivity index (χ1) is 8.76. The van der Waals surface area contributed by atoms with Crippen molar-refractivity contribution in [1.82, 2.24) is 15.0 Å². The van der Waals surface area contributed by atoms with Gasteiger partial charge in [0, 0.05) is 19.0 Å². The second-order valence-electron chi connectivity index (χ2n) is 4.01. The molecular formula is C13H12N4O. The average Bonchev–Trinajstić information content (AvgIpc) is 2.77. The first-order valence-electron chi connectivity index (χ1n) is 5.65. The molecule has 0 saturated carbocycles. The van der Waals surface area contributed by atoms with E-state index in [1.165, 1.54) is 6.33 Å². The van der Waals surface area contributed by atoms with Crippen LogP contribution in [0.5, 0.6) is 0 Å². The van der Waals surface area contributed by atoms with Gasteiger partial charge in [-0.1, -0.05) is 6.07 Å². The summed E-state index contributed by atoms with van der Waals surface area (Å²) in [5.41, 5.74) is 9.80. The van der Waals surface area contributed by atoms with Crippen LogP contribution in [-0.2, 0) is 6.54 Å². The second kappa shape index (κ2) is 4.19. The number of aromatic nitrogens is 3. The Morgan fingerprint density at radius 3 is 2.94 bits per heavy atom. The van der Waals surface area contributed by atoms with E-state index in [9.17, 15) is 0 Å². The smallest absolute Gasteiger partial charge is 0.192 e. The molecule has 2 heterocycles. The van der Waals surface area contributed by atoms with Crippen LogP contribution in [0.1, 0.15) is 11.6 Å². The lowest BCUT2D eigenvalue weighted by Gasteiger charge is -2.01. The number of fused-ring (bicyclic) bond motifs is 1. The molecule has 0 aliphatic rings. The normalized spacial score (nSPS) is 11.0. The number of oxazole rings is 1. The first-order valence-corrected chi connectivity index (χ1v) is 5.65. The average molecular weight is 240 g/mol. The molecular weight excluding hydrogens is 228 g/mol. The molecule has 0 spiro atoms. The fourth-order valence-electron chi connectivity index (χ4n) is 1.87. The topological polar surface area (TPSA) is 77.8 Å². The standard InChI is InChI=1S/C13H12N4O/c1-8-17-11-3-2-9(4-13(11)18-8)12-5-10(6-14)15-7-16-12/h2-5,7H,6,14H2,1H3. The van der Waals surface area contributed by atoms with Crippen LogP contribution in [0, 0.1) is 6.92 Å². The van der Waals surface area contributed by atoms with E-state index in [1.807, 2.05) is 31.2 Å². The lowest BCUT2D eigenvalue weighted by molar-refractivity contribution is 0.561. The van der Waals surface area contributed by atoms with Gasteiger partial charge in [0.1, 0.15) is 11.8 Å². The van der Waals surface area contributed by atoms with Crippen molar-refractivity contribution >= 4 is 11.1 Å². The molecule has 0 radical (unpaired) electrons. The Balaban J connectivity index is 2.12. The first kappa shape index (κ1) is 10.9. The van der Waals surface area contributed by atoms with Gasteiger partial charge in [0.05, 0.1) is 11.4 Å². The summed E-state index contributed by atoms with van der Waals surface area (Å²) in [5.74, 6) is 0.660. The molecule has 18 heavy (non-hydrogen) atoms. The van der Waals surface area contributed by atoms with Crippen LogP contribution in [0.15, 0.2) is 35.0 Å². The van der Waals surface area contributed by atoms with Crippen LogP contribution in [0.2, 0.25) is 0 Å². The van der Waals surface area contributed by atoms with Gasteiger partial charge in [0.25, 0.3) is 0 Å². The monoisotopic (exact) mass is 240 g/mol. The summed E-state index contributed by atoms with van der Waals surface area (Å²) in [4.78, 5) is 12.6. The minimum absolute atomic E-state index is 0.402. The molecule has 3 aromatic rings. The molecule has 3 rings (SSSR count). The lowest BCUT2D eigenvalue weighted by Crippen LogP contribution is -2.00. The molecule has 90 valence electrons. The minimum Gasteiger partial charge on any atom is -0.441 e. The largest absolute Gasteiger partial charge is 0.441 e. The Morgan fingerprint density at radius 1 is 1.22 bits per heavy atom. The summed E-state index contributed by atoms with van der Waals surface area (Å²) < 4.78 is 5.51. The molecule has 0 bridgehead atoms. The molecule has 0 saturated heterocycles. The molecule has 2 aromatic heterocycles. The van der Waals surface area contributed by atoms with E-state index in [0.717, 1.165) is 28.1 Å². The van der Waals surface area contributed by atoms with E-state index in [0.29, 0.717) is 12.4 Å². The van der Waals surface area contributed by atoms with Crippen LogP contribution >= 0.6 is 0 Å². The highest BCUT2D eigenvalue weighted by Crippen LogP contribution is 2.23. The van der Waals surface area contributed by atoms with Crippen LogP contribution in [0.25, 0.3) is 22.4 Å². The van der Waals surface area contributed by atoms with Crippen molar-refractivity contribution in [2.45, 2.75) is 13.5 Å². The van der Waals surface area contributed by atoms with Gasteiger partial charge in [0.2, 0.25) is 0 Å². The van der Waals surface area contributed by atoms with E-state index >= 15 is 0 Å². The van der Waals surface area contributed by atoms with Gasteiger partial charge in [-0.25, -0.2) is 15.0 Å². The van der Waals surface area contributed by atoms with Gasteiger partial charge in [0.15, 0.2) is 11.5 Å². The Bertz CT molecular complexity index is 705. The quantitative estimate of drug-likeness (QED) is 0.741. The Labute approximate surface area is 104 Å². The summed E-state index contributed by atoms with van der Waals surface area (Å²) in [7, 11) is 0. The number of nitrogens with two attached hydrogens (primary N) is 1. The Hall–Kier alpha value is -2.27. The van der Waals surface area contributed by atoms with Gasteiger partial charge in [-0.05, 0) is 18.2 Å². The fourth-order valence-corrected chi connectivity index (χ4v) is 1.87. The molecule has 0 fully saturated rings. The van der Waals surface area contributed by atoms with Crippen molar-refractivity contribution in [3.05, 3.63) is 42.2 Å². The number of rotatable bonds is 2. The zero-order valence-corrected chi connectivity index (χ0v) is 9.92. The number of aryl methyl sites for hydroxylation is 1. The van der Waals surface area contributed by atoms with Crippen LogP contribution in [0.3, 0.4) is 0 Å². The molecule has 0 unspecified atom stereocenters. The summed E-state index contributed by atoms with van der Waals surface area (Å²) in [6, 6.07) is 7.70. The van der Waals surface area contributed by atoms with Crippen LogP contribution in [0.4, 0.5) is 0 Å². The van der Waals surface area contributed by atoms with Crippen molar-refractivity contribution in [2.75, 3.05) is 0 Å². The minimum atomic E-state index is 0.402. The third-order valence-corrected chi connectivity index (χ3v) is 2.72. The van der Waals surface area contributed by atoms with Gasteiger partial charge >= 0.3 is 0 Å². The summed E-state index contributed by atoms with van der Waals surface area (Å²) >= 11 is 0. The molecule has 5 heteroatoms. The number of hydrogen-bond donors (Lipinski definition) is 1. The molecule has 2 N–H and O–H groups in total. The summed E-state index contributed by atoms with van der Waals surface area (Å²) in [5, 5.41) is 0. The zero-order chi connectivity index (χ0) is 12.5. The number of hydrogen-bond acceptors (Lipinski definition) is 5. The highest BCUT2D eigenvalue weighted by Gasteiger charge is 2.06. The van der Waals surface area contributed by atoms with Gasteiger partial charge in [-0.2, -0.15) is 0 Å². The number of benzene rings is 1. The summed E-state index contributed by atoms with van der Waals surface area (Å²) in [6.45, 7) is 2.23. The maximum absolute atomic E-state index is 5.57.